The fourth-order valence-corrected chi connectivity index (χ4v) is 2.37. The molecule has 2 rings (SSSR count). The fraction of sp³-hybridized carbons (Fsp3) is 0.381. The van der Waals surface area contributed by atoms with Gasteiger partial charge in [0.15, 0.2) is 11.5 Å². The van der Waals surface area contributed by atoms with Crippen LogP contribution in [-0.4, -0.2) is 19.1 Å². The van der Waals surface area contributed by atoms with Crippen LogP contribution in [0.2, 0.25) is 0 Å². The maximum absolute atomic E-state index is 12.6. The van der Waals surface area contributed by atoms with Crippen LogP contribution in [0.25, 0.3) is 0 Å². The molecule has 0 saturated heterocycles. The Hall–Kier alpha value is -2.49. The zero-order chi connectivity index (χ0) is 18.4. The number of hydrogen-bond donors (Lipinski definition) is 1. The first-order valence-electron chi connectivity index (χ1n) is 8.69. The largest absolute Gasteiger partial charge is 0.490 e. The van der Waals surface area contributed by atoms with Crippen molar-refractivity contribution >= 4 is 11.6 Å². The van der Waals surface area contributed by atoms with Crippen molar-refractivity contribution in [2.24, 2.45) is 5.92 Å². The third-order valence-electron chi connectivity index (χ3n) is 3.93. The van der Waals surface area contributed by atoms with Gasteiger partial charge in [0, 0.05) is 11.3 Å². The Labute approximate surface area is 150 Å². The van der Waals surface area contributed by atoms with Gasteiger partial charge in [0.2, 0.25) is 0 Å². The van der Waals surface area contributed by atoms with Crippen LogP contribution in [0, 0.1) is 19.8 Å². The minimum Gasteiger partial charge on any atom is -0.490 e. The van der Waals surface area contributed by atoms with E-state index in [1.54, 1.807) is 18.2 Å². The molecule has 25 heavy (non-hydrogen) atoms. The smallest absolute Gasteiger partial charge is 0.255 e. The first-order valence-corrected chi connectivity index (χ1v) is 8.69. The number of nitrogens with one attached hydrogen (secondary N) is 1. The Morgan fingerprint density at radius 1 is 1.08 bits per heavy atom. The Morgan fingerprint density at radius 3 is 2.52 bits per heavy atom. The van der Waals surface area contributed by atoms with Gasteiger partial charge in [0.1, 0.15) is 0 Å². The highest BCUT2D eigenvalue weighted by Gasteiger charge is 2.13. The molecule has 0 aromatic heterocycles. The molecule has 0 radical (unpaired) electrons. The maximum Gasteiger partial charge on any atom is 0.255 e. The highest BCUT2D eigenvalue weighted by Crippen LogP contribution is 2.29. The summed E-state index contributed by atoms with van der Waals surface area (Å²) in [6.07, 6.45) is 0. The second-order valence-electron chi connectivity index (χ2n) is 6.50. The fourth-order valence-electron chi connectivity index (χ4n) is 2.37. The van der Waals surface area contributed by atoms with Gasteiger partial charge in [-0.15, -0.1) is 0 Å². The minimum absolute atomic E-state index is 0.162. The quantitative estimate of drug-likeness (QED) is 0.772. The van der Waals surface area contributed by atoms with Gasteiger partial charge in [0.05, 0.1) is 13.2 Å². The van der Waals surface area contributed by atoms with Gasteiger partial charge >= 0.3 is 0 Å². The number of hydrogen-bond acceptors (Lipinski definition) is 3. The summed E-state index contributed by atoms with van der Waals surface area (Å²) in [6, 6.07) is 11.2. The molecule has 1 N–H and O–H groups in total. The van der Waals surface area contributed by atoms with Crippen LogP contribution in [0.5, 0.6) is 11.5 Å². The van der Waals surface area contributed by atoms with E-state index in [0.29, 0.717) is 36.2 Å². The van der Waals surface area contributed by atoms with E-state index in [1.165, 1.54) is 0 Å². The lowest BCUT2D eigenvalue weighted by molar-refractivity contribution is 0.102. The first-order chi connectivity index (χ1) is 11.9. The molecule has 0 spiro atoms. The van der Waals surface area contributed by atoms with Gasteiger partial charge in [-0.05, 0) is 62.1 Å². The van der Waals surface area contributed by atoms with Crippen molar-refractivity contribution in [1.29, 1.82) is 0 Å². The molecule has 0 fully saturated rings. The molecule has 2 aromatic carbocycles. The number of carbonyl (C=O) groups excluding carboxylic acids is 1. The molecule has 1 amide bonds. The zero-order valence-electron chi connectivity index (χ0n) is 15.7. The molecule has 134 valence electrons. The molecule has 0 saturated carbocycles. The first kappa shape index (κ1) is 18.8. The van der Waals surface area contributed by atoms with Crippen molar-refractivity contribution in [2.75, 3.05) is 18.5 Å². The monoisotopic (exact) mass is 341 g/mol. The summed E-state index contributed by atoms with van der Waals surface area (Å²) in [5.41, 5.74) is 3.58. The molecule has 0 aliphatic carbocycles. The third kappa shape index (κ3) is 4.99. The lowest BCUT2D eigenvalue weighted by atomic mass is 10.1. The lowest BCUT2D eigenvalue weighted by Gasteiger charge is -2.15. The van der Waals surface area contributed by atoms with E-state index in [9.17, 15) is 4.79 Å². The normalized spacial score (nSPS) is 10.6. The molecule has 0 aliphatic rings. The number of amides is 1. The second kappa shape index (κ2) is 8.56. The third-order valence-corrected chi connectivity index (χ3v) is 3.93. The summed E-state index contributed by atoms with van der Waals surface area (Å²) in [7, 11) is 0. The van der Waals surface area contributed by atoms with E-state index in [0.717, 1.165) is 16.8 Å². The number of rotatable bonds is 7. The minimum atomic E-state index is -0.162. The predicted octanol–water partition coefficient (Wildman–Crippen LogP) is 4.99. The summed E-state index contributed by atoms with van der Waals surface area (Å²) in [6.45, 7) is 11.2. The molecule has 0 unspecified atom stereocenters. The molecule has 0 heterocycles. The number of ether oxygens (including phenoxy) is 2. The average Bonchev–Trinajstić information content (AvgIpc) is 2.58. The Kier molecular flexibility index (Phi) is 6.45. The van der Waals surface area contributed by atoms with E-state index in [-0.39, 0.29) is 5.91 Å². The summed E-state index contributed by atoms with van der Waals surface area (Å²) in [5.74, 6) is 1.52. The number of aryl methyl sites for hydroxylation is 1. The molecular formula is C21H27NO3. The van der Waals surface area contributed by atoms with E-state index in [1.807, 2.05) is 39.0 Å². The van der Waals surface area contributed by atoms with Gasteiger partial charge in [-0.3, -0.25) is 4.79 Å². The van der Waals surface area contributed by atoms with Gasteiger partial charge < -0.3 is 14.8 Å². The Morgan fingerprint density at radius 2 is 1.84 bits per heavy atom. The van der Waals surface area contributed by atoms with Gasteiger partial charge in [-0.1, -0.05) is 26.0 Å². The molecule has 4 heteroatoms. The van der Waals surface area contributed by atoms with Crippen molar-refractivity contribution in [2.45, 2.75) is 34.6 Å². The van der Waals surface area contributed by atoms with Gasteiger partial charge in [-0.25, -0.2) is 0 Å². The molecular weight excluding hydrogens is 314 g/mol. The van der Waals surface area contributed by atoms with Crippen LogP contribution in [0.1, 0.15) is 42.3 Å². The van der Waals surface area contributed by atoms with E-state index in [4.69, 9.17) is 9.47 Å². The average molecular weight is 341 g/mol. The molecule has 0 aliphatic heterocycles. The van der Waals surface area contributed by atoms with E-state index < -0.39 is 0 Å². The Balaban J connectivity index is 2.21. The van der Waals surface area contributed by atoms with Gasteiger partial charge in [-0.2, -0.15) is 0 Å². The number of benzene rings is 2. The molecule has 2 aromatic rings. The molecule has 4 nitrogen and oxygen atoms in total. The SMILES string of the molecule is CCOc1cc(C(=O)Nc2cccc(C)c2C)ccc1OCC(C)C. The van der Waals surface area contributed by atoms with Crippen LogP contribution in [0.4, 0.5) is 5.69 Å². The van der Waals surface area contributed by atoms with Crippen molar-refractivity contribution < 1.29 is 14.3 Å². The highest BCUT2D eigenvalue weighted by atomic mass is 16.5. The van der Waals surface area contributed by atoms with E-state index in [2.05, 4.69) is 19.2 Å². The van der Waals surface area contributed by atoms with Crippen LogP contribution < -0.4 is 14.8 Å². The lowest BCUT2D eigenvalue weighted by Crippen LogP contribution is -2.14. The van der Waals surface area contributed by atoms with Crippen molar-refractivity contribution in [3.63, 3.8) is 0 Å². The van der Waals surface area contributed by atoms with Crippen LogP contribution >= 0.6 is 0 Å². The molecule has 0 bridgehead atoms. The van der Waals surface area contributed by atoms with Crippen molar-refractivity contribution in [1.82, 2.24) is 0 Å². The Bertz CT molecular complexity index is 738. The topological polar surface area (TPSA) is 47.6 Å². The van der Waals surface area contributed by atoms with Gasteiger partial charge in [0.25, 0.3) is 5.91 Å². The zero-order valence-corrected chi connectivity index (χ0v) is 15.7. The number of carbonyl (C=O) groups is 1. The van der Waals surface area contributed by atoms with E-state index >= 15 is 0 Å². The summed E-state index contributed by atoms with van der Waals surface area (Å²) in [5, 5.41) is 2.97. The van der Waals surface area contributed by atoms with Crippen molar-refractivity contribution in [3.05, 3.63) is 53.1 Å². The highest BCUT2D eigenvalue weighted by molar-refractivity contribution is 6.05. The van der Waals surface area contributed by atoms with Crippen molar-refractivity contribution in [3.8, 4) is 11.5 Å². The summed E-state index contributed by atoms with van der Waals surface area (Å²) in [4.78, 5) is 12.6. The molecule has 0 atom stereocenters. The maximum atomic E-state index is 12.6. The number of anilines is 1. The standard InChI is InChI=1S/C21H27NO3/c1-6-24-20-12-17(10-11-19(20)25-13-14(2)3)21(23)22-18-9-7-8-15(4)16(18)5/h7-12,14H,6,13H2,1-5H3,(H,22,23). The summed E-state index contributed by atoms with van der Waals surface area (Å²) >= 11 is 0. The van der Waals surface area contributed by atoms with Crippen LogP contribution in [-0.2, 0) is 0 Å². The summed E-state index contributed by atoms with van der Waals surface area (Å²) < 4.78 is 11.4. The second-order valence-corrected chi connectivity index (χ2v) is 6.50. The predicted molar refractivity (Wildman–Crippen MR) is 102 cm³/mol. The van der Waals surface area contributed by atoms with Crippen LogP contribution in [0.15, 0.2) is 36.4 Å². The van der Waals surface area contributed by atoms with Crippen LogP contribution in [0.3, 0.4) is 0 Å².